The Hall–Kier alpha value is -5.56. The summed E-state index contributed by atoms with van der Waals surface area (Å²) >= 11 is 0. The molecule has 19 nitrogen and oxygen atoms in total. The number of benzene rings is 6. The minimum absolute atomic E-state index is 0. The van der Waals surface area contributed by atoms with Crippen LogP contribution in [0.5, 0.6) is 17.2 Å². The molecule has 23 heteroatoms. The Labute approximate surface area is 351 Å². The van der Waals surface area contributed by atoms with Crippen LogP contribution in [0.4, 0.5) is 38.9 Å². The number of nitrogens with zero attached hydrogens (tertiary/aromatic N) is 4. The van der Waals surface area contributed by atoms with Crippen molar-refractivity contribution in [3.05, 3.63) is 96.6 Å². The van der Waals surface area contributed by atoms with Crippen LogP contribution in [0.25, 0.3) is 21.5 Å². The first-order valence-corrected chi connectivity index (χ1v) is 20.2. The fourth-order valence-electron chi connectivity index (χ4n) is 5.56. The maximum Gasteiger partial charge on any atom is 1.00 e. The van der Waals surface area contributed by atoms with Crippen LogP contribution in [0.1, 0.15) is 5.56 Å². The second-order valence-electron chi connectivity index (χ2n) is 12.0. The third-order valence-corrected chi connectivity index (χ3v) is 10.8. The van der Waals surface area contributed by atoms with Crippen molar-refractivity contribution in [2.24, 2.45) is 20.5 Å². The van der Waals surface area contributed by atoms with Gasteiger partial charge in [-0.15, -0.1) is 15.3 Å². The molecule has 7 N–H and O–H groups in total. The number of aryl methyl sites for hydroxylation is 1. The number of hydrogen-bond acceptors (Lipinski definition) is 14. The van der Waals surface area contributed by atoms with Crippen molar-refractivity contribution in [2.45, 2.75) is 21.6 Å². The quantitative estimate of drug-likeness (QED) is 0.0546. The Morgan fingerprint density at radius 1 is 0.603 bits per heavy atom. The van der Waals surface area contributed by atoms with Crippen LogP contribution in [0.15, 0.2) is 126 Å². The van der Waals surface area contributed by atoms with Crippen LogP contribution in [-0.2, 0) is 30.4 Å². The van der Waals surface area contributed by atoms with E-state index in [1.165, 1.54) is 62.6 Å². The zero-order valence-electron chi connectivity index (χ0n) is 30.2. The van der Waals surface area contributed by atoms with Crippen molar-refractivity contribution in [3.8, 4) is 17.2 Å². The maximum atomic E-state index is 13.0. The van der Waals surface area contributed by atoms with E-state index in [1.807, 2.05) is 0 Å². The van der Waals surface area contributed by atoms with Crippen LogP contribution in [-0.4, -0.2) is 62.3 Å². The predicted molar refractivity (Wildman–Crippen MR) is 206 cm³/mol. The van der Waals surface area contributed by atoms with Gasteiger partial charge in [-0.3, -0.25) is 13.7 Å². The fourth-order valence-corrected chi connectivity index (χ4v) is 7.44. The molecule has 0 radical (unpaired) electrons. The van der Waals surface area contributed by atoms with Gasteiger partial charge in [0.1, 0.15) is 32.6 Å². The molecule has 2 amide bonds. The largest absolute Gasteiger partial charge is 1.00 e. The van der Waals surface area contributed by atoms with Crippen LogP contribution in [0.2, 0.25) is 0 Å². The monoisotopic (exact) mass is 859 g/mol. The van der Waals surface area contributed by atoms with E-state index >= 15 is 0 Å². The van der Waals surface area contributed by atoms with Crippen molar-refractivity contribution in [1.82, 2.24) is 0 Å². The average Bonchev–Trinajstić information content (AvgIpc) is 3.13. The number of urea groups is 1. The number of hydrogen-bond donors (Lipinski definition) is 7. The number of phenols is 2. The molecule has 6 aromatic carbocycles. The van der Waals surface area contributed by atoms with Crippen LogP contribution >= 0.6 is 0 Å². The Balaban J connectivity index is 0.00000641. The van der Waals surface area contributed by atoms with E-state index in [4.69, 9.17) is 4.74 Å². The predicted octanol–water partition coefficient (Wildman–Crippen LogP) is 4.94. The summed E-state index contributed by atoms with van der Waals surface area (Å²) in [6, 6.07) is 18.9. The normalized spacial score (nSPS) is 12.2. The van der Waals surface area contributed by atoms with E-state index in [-0.39, 0.29) is 79.4 Å². The summed E-state index contributed by atoms with van der Waals surface area (Å²) in [7, 11) is -13.1. The molecule has 6 aromatic rings. The van der Waals surface area contributed by atoms with Crippen molar-refractivity contribution < 1.29 is 88.2 Å². The smallest absolute Gasteiger partial charge is 0.505 e. The number of aromatic hydroxyl groups is 2. The SMILES string of the molecule is COc1ccccc1N=Nc1c(S(=O)(=O)O)cc2cc(NC(=O)Nc3ccc4c(O)c(N=Nc5ccc(S(=O)(=O)O)cc5C)c(S(=O)(=O)O)cc4c3)ccc2c1O.[Na+]. The molecule has 0 fully saturated rings. The Morgan fingerprint density at radius 2 is 1.09 bits per heavy atom. The third kappa shape index (κ3) is 9.41. The van der Waals surface area contributed by atoms with Gasteiger partial charge >= 0.3 is 35.6 Å². The van der Waals surface area contributed by atoms with Gasteiger partial charge in [-0.2, -0.15) is 30.4 Å². The second-order valence-corrected chi connectivity index (χ2v) is 16.2. The minimum Gasteiger partial charge on any atom is -0.505 e. The first-order chi connectivity index (χ1) is 26.7. The van der Waals surface area contributed by atoms with Crippen LogP contribution in [0.3, 0.4) is 0 Å². The number of ether oxygens (including phenoxy) is 1. The molecule has 294 valence electrons. The molecule has 0 atom stereocenters. The number of azo groups is 2. The van der Waals surface area contributed by atoms with Gasteiger partial charge in [0.2, 0.25) is 0 Å². The van der Waals surface area contributed by atoms with Gasteiger partial charge in [0, 0.05) is 22.1 Å². The summed E-state index contributed by atoms with van der Waals surface area (Å²) in [4.78, 5) is 11.0. The molecule has 0 aliphatic carbocycles. The van der Waals surface area contributed by atoms with Gasteiger partial charge in [0.15, 0.2) is 11.5 Å². The molecule has 0 unspecified atom stereocenters. The molecule has 6 rings (SSSR count). The zero-order valence-corrected chi connectivity index (χ0v) is 34.6. The van der Waals surface area contributed by atoms with E-state index < -0.39 is 73.9 Å². The number of para-hydroxylation sites is 1. The van der Waals surface area contributed by atoms with Gasteiger partial charge in [0.25, 0.3) is 30.4 Å². The number of carbonyl (C=O) groups excluding carboxylic acids is 1. The average molecular weight is 860 g/mol. The Bertz CT molecular complexity index is 3050. The number of fused-ring (bicyclic) bond motifs is 2. The maximum absolute atomic E-state index is 13.0. The molecule has 0 spiro atoms. The van der Waals surface area contributed by atoms with Crippen molar-refractivity contribution >= 4 is 92.1 Å². The minimum atomic E-state index is -5.03. The number of amides is 2. The van der Waals surface area contributed by atoms with Gasteiger partial charge in [-0.05, 0) is 102 Å². The summed E-state index contributed by atoms with van der Waals surface area (Å²) in [6.07, 6.45) is 0. The number of phenolic OH excluding ortho intramolecular Hbond substituents is 2. The number of methoxy groups -OCH3 is 1. The van der Waals surface area contributed by atoms with Crippen molar-refractivity contribution in [1.29, 1.82) is 0 Å². The standard InChI is InChI=1S/C35H28N6O13S3.Na/c1-18-13-23(55(45,46)47)9-12-26(18)38-40-31-29(56(48,49)50)16-19-14-21(7-10-24(19)33(31)42)36-35(44)37-22-8-11-25-20(15-22)17-30(57(51,52)53)32(34(25)43)41-39-27-5-3-4-6-28(27)54-2;/h3-17,42-43H,1-2H3,(H2,36,37,44)(H,45,46,47)(H,48,49,50)(H,51,52,53);/q;+1. The van der Waals surface area contributed by atoms with Crippen LogP contribution in [0, 0.1) is 6.92 Å². The van der Waals surface area contributed by atoms with E-state index in [9.17, 15) is 53.9 Å². The van der Waals surface area contributed by atoms with Crippen molar-refractivity contribution in [2.75, 3.05) is 17.7 Å². The summed E-state index contributed by atoms with van der Waals surface area (Å²) < 4.78 is 107. The molecule has 0 saturated heterocycles. The fraction of sp³-hybridized carbons (Fsp3) is 0.0571. The number of anilines is 2. The molecule has 0 aliphatic heterocycles. The Morgan fingerprint density at radius 3 is 1.53 bits per heavy atom. The summed E-state index contributed by atoms with van der Waals surface area (Å²) in [5.41, 5.74) is -0.525. The third-order valence-electron chi connectivity index (χ3n) is 8.24. The van der Waals surface area contributed by atoms with Gasteiger partial charge in [-0.1, -0.05) is 12.1 Å². The molecule has 0 heterocycles. The first kappa shape index (κ1) is 43.6. The zero-order chi connectivity index (χ0) is 41.4. The molecule has 0 bridgehead atoms. The number of nitrogens with one attached hydrogen (secondary N) is 2. The molecular weight excluding hydrogens is 832 g/mol. The van der Waals surface area contributed by atoms with Gasteiger partial charge in [-0.25, -0.2) is 4.79 Å². The van der Waals surface area contributed by atoms with E-state index in [0.29, 0.717) is 5.75 Å². The second kappa shape index (κ2) is 16.7. The topological polar surface area (TPSA) is 303 Å². The van der Waals surface area contributed by atoms with E-state index in [1.54, 1.807) is 18.2 Å². The number of carbonyl (C=O) groups is 1. The Kier molecular flexibility index (Phi) is 12.6. The van der Waals surface area contributed by atoms with E-state index in [2.05, 4.69) is 31.1 Å². The van der Waals surface area contributed by atoms with Crippen LogP contribution < -0.4 is 44.9 Å². The molecular formula is C35H28N6NaO13S3+. The van der Waals surface area contributed by atoms with Gasteiger partial charge < -0.3 is 25.6 Å². The van der Waals surface area contributed by atoms with Gasteiger partial charge in [0.05, 0.1) is 17.7 Å². The molecule has 0 saturated carbocycles. The molecule has 58 heavy (non-hydrogen) atoms. The summed E-state index contributed by atoms with van der Waals surface area (Å²) in [6.45, 7) is 1.44. The van der Waals surface area contributed by atoms with E-state index in [0.717, 1.165) is 24.3 Å². The first-order valence-electron chi connectivity index (χ1n) is 15.9. The molecule has 0 aromatic heterocycles. The van der Waals surface area contributed by atoms with Crippen molar-refractivity contribution in [3.63, 3.8) is 0 Å². The summed E-state index contributed by atoms with van der Waals surface area (Å²) in [5, 5.41) is 42.9. The summed E-state index contributed by atoms with van der Waals surface area (Å²) in [5.74, 6) is -1.03. The number of rotatable bonds is 10. The molecule has 0 aliphatic rings.